The first-order valence-electron chi connectivity index (χ1n) is 5.87. The monoisotopic (exact) mass is 214 g/mol. The van der Waals surface area contributed by atoms with Crippen LogP contribution in [0, 0.1) is 25.2 Å². The molecule has 0 heterocycles. The quantitative estimate of drug-likeness (QED) is 0.781. The van der Waals surface area contributed by atoms with Crippen molar-refractivity contribution in [2.24, 2.45) is 5.73 Å². The predicted octanol–water partition coefficient (Wildman–Crippen LogP) is 2.90. The van der Waals surface area contributed by atoms with Crippen molar-refractivity contribution in [1.29, 1.82) is 5.26 Å². The van der Waals surface area contributed by atoms with Gasteiger partial charge in [-0.2, -0.15) is 5.26 Å². The van der Waals surface area contributed by atoms with E-state index >= 15 is 0 Å². The molecule has 16 heavy (non-hydrogen) atoms. The summed E-state index contributed by atoms with van der Waals surface area (Å²) in [6.07, 6.45) is 4.49. The second-order valence-corrected chi connectivity index (χ2v) is 4.96. The van der Waals surface area contributed by atoms with Crippen molar-refractivity contribution in [3.05, 3.63) is 34.4 Å². The number of rotatable bonds is 1. The van der Waals surface area contributed by atoms with E-state index in [0.29, 0.717) is 0 Å². The Morgan fingerprint density at radius 3 is 2.38 bits per heavy atom. The van der Waals surface area contributed by atoms with Crippen molar-refractivity contribution in [3.8, 4) is 6.07 Å². The summed E-state index contributed by atoms with van der Waals surface area (Å²) in [6.45, 7) is 4.07. The summed E-state index contributed by atoms with van der Waals surface area (Å²) in [5, 5.41) is 9.07. The van der Waals surface area contributed by atoms with Gasteiger partial charge in [-0.05, 0) is 49.4 Å². The van der Waals surface area contributed by atoms with Crippen LogP contribution in [-0.2, 0) is 5.54 Å². The molecule has 2 rings (SSSR count). The molecule has 0 atom stereocenters. The zero-order valence-electron chi connectivity index (χ0n) is 10.0. The maximum atomic E-state index is 9.07. The Balaban J connectivity index is 2.53. The number of nitrogens with two attached hydrogens (primary N) is 1. The fourth-order valence-electron chi connectivity index (χ4n) is 2.78. The molecule has 1 aliphatic rings. The van der Waals surface area contributed by atoms with Crippen LogP contribution >= 0.6 is 0 Å². The van der Waals surface area contributed by atoms with Gasteiger partial charge in [0.2, 0.25) is 0 Å². The molecule has 1 aliphatic carbocycles. The van der Waals surface area contributed by atoms with Crippen LogP contribution < -0.4 is 5.73 Å². The van der Waals surface area contributed by atoms with E-state index in [1.165, 1.54) is 24.0 Å². The Kier molecular flexibility index (Phi) is 2.73. The van der Waals surface area contributed by atoms with Gasteiger partial charge < -0.3 is 5.73 Å². The van der Waals surface area contributed by atoms with E-state index in [4.69, 9.17) is 11.0 Å². The van der Waals surface area contributed by atoms with Gasteiger partial charge in [-0.25, -0.2) is 0 Å². The Morgan fingerprint density at radius 2 is 1.81 bits per heavy atom. The summed E-state index contributed by atoms with van der Waals surface area (Å²) in [5.74, 6) is 0. The predicted molar refractivity (Wildman–Crippen MR) is 65.0 cm³/mol. The number of benzene rings is 1. The first-order chi connectivity index (χ1) is 7.57. The van der Waals surface area contributed by atoms with Crippen LogP contribution in [0.4, 0.5) is 0 Å². The highest BCUT2D eigenvalue weighted by molar-refractivity contribution is 5.46. The van der Waals surface area contributed by atoms with Gasteiger partial charge in [0.15, 0.2) is 0 Å². The third kappa shape index (κ3) is 1.72. The zero-order chi connectivity index (χ0) is 11.8. The van der Waals surface area contributed by atoms with Crippen molar-refractivity contribution in [3.63, 3.8) is 0 Å². The van der Waals surface area contributed by atoms with E-state index in [0.717, 1.165) is 24.0 Å². The van der Waals surface area contributed by atoms with Crippen molar-refractivity contribution in [2.75, 3.05) is 0 Å². The van der Waals surface area contributed by atoms with Gasteiger partial charge in [0.25, 0.3) is 0 Å². The molecule has 1 aromatic carbocycles. The highest BCUT2D eigenvalue weighted by Crippen LogP contribution is 2.38. The lowest BCUT2D eigenvalue weighted by Gasteiger charge is -2.26. The van der Waals surface area contributed by atoms with Crippen LogP contribution in [0.2, 0.25) is 0 Å². The highest BCUT2D eigenvalue weighted by atomic mass is 14.8. The molecule has 1 aromatic rings. The average molecular weight is 214 g/mol. The van der Waals surface area contributed by atoms with Crippen molar-refractivity contribution in [2.45, 2.75) is 45.1 Å². The minimum absolute atomic E-state index is 0.191. The van der Waals surface area contributed by atoms with Crippen LogP contribution in [-0.4, -0.2) is 0 Å². The SMILES string of the molecule is Cc1cc(C)c(C2(N)CCCC2)cc1C#N. The molecule has 1 fully saturated rings. The molecule has 84 valence electrons. The Morgan fingerprint density at radius 1 is 1.19 bits per heavy atom. The van der Waals surface area contributed by atoms with Gasteiger partial charge in [-0.15, -0.1) is 0 Å². The van der Waals surface area contributed by atoms with E-state index < -0.39 is 0 Å². The molecule has 1 saturated carbocycles. The molecule has 2 heteroatoms. The van der Waals surface area contributed by atoms with Crippen LogP contribution in [0.3, 0.4) is 0 Å². The van der Waals surface area contributed by atoms with E-state index in [2.05, 4.69) is 19.1 Å². The van der Waals surface area contributed by atoms with Crippen molar-refractivity contribution in [1.82, 2.24) is 0 Å². The molecule has 0 saturated heterocycles. The van der Waals surface area contributed by atoms with E-state index in [1.54, 1.807) is 0 Å². The lowest BCUT2D eigenvalue weighted by atomic mass is 9.84. The third-order valence-corrected chi connectivity index (χ3v) is 3.72. The largest absolute Gasteiger partial charge is 0.321 e. The Hall–Kier alpha value is -1.33. The minimum atomic E-state index is -0.191. The normalized spacial score (nSPS) is 18.4. The molecular formula is C14H18N2. The Labute approximate surface area is 97.1 Å². The lowest BCUT2D eigenvalue weighted by Crippen LogP contribution is -2.34. The molecule has 0 bridgehead atoms. The summed E-state index contributed by atoms with van der Waals surface area (Å²) >= 11 is 0. The van der Waals surface area contributed by atoms with Gasteiger partial charge in [-0.3, -0.25) is 0 Å². The topological polar surface area (TPSA) is 49.8 Å². The maximum absolute atomic E-state index is 9.07. The fraction of sp³-hybridized carbons (Fsp3) is 0.500. The standard InChI is InChI=1S/C14H18N2/c1-10-7-11(2)13(8-12(10)9-15)14(16)5-3-4-6-14/h7-8H,3-6,16H2,1-2H3. The van der Waals surface area contributed by atoms with Crippen LogP contribution in [0.15, 0.2) is 12.1 Å². The number of nitrogens with zero attached hydrogens (tertiary/aromatic N) is 1. The van der Waals surface area contributed by atoms with Crippen molar-refractivity contribution >= 4 is 0 Å². The highest BCUT2D eigenvalue weighted by Gasteiger charge is 2.32. The van der Waals surface area contributed by atoms with E-state index in [9.17, 15) is 0 Å². The van der Waals surface area contributed by atoms with Gasteiger partial charge >= 0.3 is 0 Å². The average Bonchev–Trinajstić information content (AvgIpc) is 2.66. The smallest absolute Gasteiger partial charge is 0.0994 e. The zero-order valence-corrected chi connectivity index (χ0v) is 10.0. The summed E-state index contributed by atoms with van der Waals surface area (Å²) < 4.78 is 0. The van der Waals surface area contributed by atoms with Gasteiger partial charge in [0, 0.05) is 5.54 Å². The van der Waals surface area contributed by atoms with E-state index in [-0.39, 0.29) is 5.54 Å². The molecule has 0 aliphatic heterocycles. The molecule has 2 nitrogen and oxygen atoms in total. The second kappa shape index (κ2) is 3.92. The second-order valence-electron chi connectivity index (χ2n) is 4.96. The van der Waals surface area contributed by atoms with Crippen LogP contribution in [0.25, 0.3) is 0 Å². The van der Waals surface area contributed by atoms with Crippen LogP contribution in [0.5, 0.6) is 0 Å². The molecule has 0 radical (unpaired) electrons. The summed E-state index contributed by atoms with van der Waals surface area (Å²) in [6, 6.07) is 6.33. The maximum Gasteiger partial charge on any atom is 0.0994 e. The molecule has 2 N–H and O–H groups in total. The summed E-state index contributed by atoms with van der Waals surface area (Å²) in [4.78, 5) is 0. The van der Waals surface area contributed by atoms with E-state index in [1.807, 2.05) is 13.0 Å². The number of hydrogen-bond acceptors (Lipinski definition) is 2. The molecule has 0 amide bonds. The number of nitriles is 1. The van der Waals surface area contributed by atoms with Gasteiger partial charge in [0.1, 0.15) is 0 Å². The fourth-order valence-corrected chi connectivity index (χ4v) is 2.78. The summed E-state index contributed by atoms with van der Waals surface area (Å²) in [5.41, 5.74) is 10.5. The Bertz CT molecular complexity index is 449. The summed E-state index contributed by atoms with van der Waals surface area (Å²) in [7, 11) is 0. The van der Waals surface area contributed by atoms with Crippen LogP contribution in [0.1, 0.15) is 47.9 Å². The first kappa shape index (κ1) is 11.2. The van der Waals surface area contributed by atoms with Gasteiger partial charge in [0.05, 0.1) is 11.6 Å². The minimum Gasteiger partial charge on any atom is -0.321 e. The molecule has 0 aromatic heterocycles. The molecular weight excluding hydrogens is 196 g/mol. The van der Waals surface area contributed by atoms with Crippen molar-refractivity contribution < 1.29 is 0 Å². The third-order valence-electron chi connectivity index (χ3n) is 3.72. The number of aryl methyl sites for hydroxylation is 2. The molecule has 0 unspecified atom stereocenters. The first-order valence-corrected chi connectivity index (χ1v) is 5.87. The van der Waals surface area contributed by atoms with Gasteiger partial charge in [-0.1, -0.05) is 18.9 Å². The lowest BCUT2D eigenvalue weighted by molar-refractivity contribution is 0.459. The molecule has 0 spiro atoms. The number of hydrogen-bond donors (Lipinski definition) is 1.